The van der Waals surface area contributed by atoms with E-state index >= 15 is 0 Å². The molecule has 0 aromatic heterocycles. The maximum absolute atomic E-state index is 11.9. The fraction of sp³-hybridized carbons (Fsp3) is 0.810. The van der Waals surface area contributed by atoms with Crippen molar-refractivity contribution in [3.8, 4) is 0 Å². The lowest BCUT2D eigenvalue weighted by Crippen LogP contribution is -2.48. The first-order valence-corrected chi connectivity index (χ1v) is 10.7. The Morgan fingerprint density at radius 3 is 2.41 bits per heavy atom. The fourth-order valence-electron chi connectivity index (χ4n) is 3.47. The minimum atomic E-state index is -0.458. The van der Waals surface area contributed by atoms with Crippen molar-refractivity contribution in [3.05, 3.63) is 11.6 Å². The molecular formula is C21H39IN4O3. The fourth-order valence-corrected chi connectivity index (χ4v) is 3.47. The number of carbonyl (C=O) groups excluding carboxylic acids is 1. The lowest BCUT2D eigenvalue weighted by molar-refractivity contribution is 0.0490. The summed E-state index contributed by atoms with van der Waals surface area (Å²) in [6, 6.07) is 0.574. The van der Waals surface area contributed by atoms with Crippen molar-refractivity contribution in [1.82, 2.24) is 16.0 Å². The number of hydrogen-bond donors (Lipinski definition) is 3. The first-order chi connectivity index (χ1) is 13.4. The Labute approximate surface area is 192 Å². The molecule has 1 aliphatic carbocycles. The van der Waals surface area contributed by atoms with Gasteiger partial charge in [0.05, 0.1) is 13.2 Å². The zero-order valence-corrected chi connectivity index (χ0v) is 20.7. The molecule has 1 fully saturated rings. The standard InChI is InChI=1S/C21H38N4O3.HI/c1-5-22-19(23-13-10-16-11-14-27-15-12-16)24-17-6-8-18(9-7-17)25-20(26)28-21(2,3)4;/h11,17-18H,5-10,12-15H2,1-4H3,(H,25,26)(H2,22,23,24);1H. The van der Waals surface area contributed by atoms with Gasteiger partial charge in [0.2, 0.25) is 0 Å². The third kappa shape index (κ3) is 11.1. The van der Waals surface area contributed by atoms with E-state index in [4.69, 9.17) is 14.5 Å². The maximum atomic E-state index is 11.9. The van der Waals surface area contributed by atoms with E-state index in [0.717, 1.165) is 70.8 Å². The van der Waals surface area contributed by atoms with Crippen LogP contribution in [0.4, 0.5) is 4.79 Å². The van der Waals surface area contributed by atoms with Crippen LogP contribution in [0.25, 0.3) is 0 Å². The number of carbonyl (C=O) groups is 1. The molecule has 0 saturated heterocycles. The van der Waals surface area contributed by atoms with Gasteiger partial charge in [-0.3, -0.25) is 4.99 Å². The van der Waals surface area contributed by atoms with Crippen molar-refractivity contribution >= 4 is 36.0 Å². The predicted molar refractivity (Wildman–Crippen MR) is 128 cm³/mol. The van der Waals surface area contributed by atoms with Crippen molar-refractivity contribution in [2.75, 3.05) is 26.3 Å². The lowest BCUT2D eigenvalue weighted by Gasteiger charge is -2.31. The van der Waals surface area contributed by atoms with Crippen LogP contribution in [0.2, 0.25) is 0 Å². The van der Waals surface area contributed by atoms with Gasteiger partial charge < -0.3 is 25.4 Å². The smallest absolute Gasteiger partial charge is 0.407 e. The summed E-state index contributed by atoms with van der Waals surface area (Å²) >= 11 is 0. The number of rotatable bonds is 6. The highest BCUT2D eigenvalue weighted by Gasteiger charge is 2.25. The number of aliphatic imine (C=N–C) groups is 1. The Morgan fingerprint density at radius 2 is 1.86 bits per heavy atom. The highest BCUT2D eigenvalue weighted by atomic mass is 127. The summed E-state index contributed by atoms with van der Waals surface area (Å²) in [5, 5.41) is 9.89. The van der Waals surface area contributed by atoms with Gasteiger partial charge in [0, 0.05) is 25.2 Å². The first kappa shape index (κ1) is 26.0. The zero-order valence-electron chi connectivity index (χ0n) is 18.4. The molecule has 168 valence electrons. The van der Waals surface area contributed by atoms with Crippen LogP contribution in [0.5, 0.6) is 0 Å². The average Bonchev–Trinajstić information content (AvgIpc) is 2.63. The molecule has 7 nitrogen and oxygen atoms in total. The van der Waals surface area contributed by atoms with Crippen molar-refractivity contribution in [2.45, 2.75) is 83.9 Å². The van der Waals surface area contributed by atoms with Gasteiger partial charge in [-0.15, -0.1) is 24.0 Å². The molecule has 3 N–H and O–H groups in total. The minimum Gasteiger partial charge on any atom is -0.444 e. The van der Waals surface area contributed by atoms with Crippen molar-refractivity contribution < 1.29 is 14.3 Å². The summed E-state index contributed by atoms with van der Waals surface area (Å²) in [7, 11) is 0. The second-order valence-electron chi connectivity index (χ2n) is 8.54. The van der Waals surface area contributed by atoms with Crippen LogP contribution in [-0.2, 0) is 9.47 Å². The van der Waals surface area contributed by atoms with Crippen LogP contribution in [0, 0.1) is 0 Å². The molecule has 8 heteroatoms. The molecule has 0 radical (unpaired) electrons. The van der Waals surface area contributed by atoms with E-state index in [2.05, 4.69) is 29.0 Å². The van der Waals surface area contributed by atoms with Crippen LogP contribution in [0.3, 0.4) is 0 Å². The second-order valence-corrected chi connectivity index (χ2v) is 8.54. The van der Waals surface area contributed by atoms with Gasteiger partial charge in [0.15, 0.2) is 5.96 Å². The molecule has 0 bridgehead atoms. The van der Waals surface area contributed by atoms with Crippen LogP contribution in [0.1, 0.15) is 66.2 Å². The molecule has 29 heavy (non-hydrogen) atoms. The number of ether oxygens (including phenoxy) is 2. The zero-order chi connectivity index (χ0) is 20.4. The topological polar surface area (TPSA) is 84.0 Å². The van der Waals surface area contributed by atoms with E-state index in [1.165, 1.54) is 5.57 Å². The van der Waals surface area contributed by atoms with Gasteiger partial charge in [-0.1, -0.05) is 11.6 Å². The van der Waals surface area contributed by atoms with Crippen molar-refractivity contribution in [3.63, 3.8) is 0 Å². The maximum Gasteiger partial charge on any atom is 0.407 e. The van der Waals surface area contributed by atoms with Gasteiger partial charge >= 0.3 is 6.09 Å². The summed E-state index contributed by atoms with van der Waals surface area (Å²) < 4.78 is 10.7. The van der Waals surface area contributed by atoms with Gasteiger partial charge in [-0.25, -0.2) is 4.79 Å². The molecule has 0 aromatic carbocycles. The van der Waals surface area contributed by atoms with Crippen molar-refractivity contribution in [1.29, 1.82) is 0 Å². The number of amides is 1. The highest BCUT2D eigenvalue weighted by molar-refractivity contribution is 14.0. The summed E-state index contributed by atoms with van der Waals surface area (Å²) in [6.07, 6.45) is 7.78. The summed E-state index contributed by atoms with van der Waals surface area (Å²) in [5.41, 5.74) is 0.986. The van der Waals surface area contributed by atoms with Gasteiger partial charge in [0.25, 0.3) is 0 Å². The lowest BCUT2D eigenvalue weighted by atomic mass is 9.91. The predicted octanol–water partition coefficient (Wildman–Crippen LogP) is 3.73. The van der Waals surface area contributed by atoms with E-state index < -0.39 is 5.60 Å². The molecule has 2 rings (SSSR count). The number of nitrogens with one attached hydrogen (secondary N) is 3. The molecular weight excluding hydrogens is 483 g/mol. The second kappa shape index (κ2) is 13.3. The van der Waals surface area contributed by atoms with E-state index in [-0.39, 0.29) is 36.1 Å². The summed E-state index contributed by atoms with van der Waals surface area (Å²) in [4.78, 5) is 16.7. The third-order valence-electron chi connectivity index (χ3n) is 4.89. The Hall–Kier alpha value is -1.03. The Kier molecular flexibility index (Phi) is 11.9. The molecule has 1 saturated carbocycles. The number of guanidine groups is 1. The molecule has 2 aliphatic rings. The van der Waals surface area contributed by atoms with E-state index in [1.54, 1.807) is 0 Å². The normalized spacial score (nSPS) is 22.8. The average molecular weight is 522 g/mol. The van der Waals surface area contributed by atoms with Crippen LogP contribution < -0.4 is 16.0 Å². The number of halogens is 1. The van der Waals surface area contributed by atoms with E-state index in [1.807, 2.05) is 20.8 Å². The number of alkyl carbamates (subject to hydrolysis) is 1. The minimum absolute atomic E-state index is 0. The largest absolute Gasteiger partial charge is 0.444 e. The molecule has 0 aromatic rings. The van der Waals surface area contributed by atoms with Crippen LogP contribution >= 0.6 is 24.0 Å². The van der Waals surface area contributed by atoms with Crippen LogP contribution in [0.15, 0.2) is 16.6 Å². The molecule has 0 unspecified atom stereocenters. The third-order valence-corrected chi connectivity index (χ3v) is 4.89. The van der Waals surface area contributed by atoms with Crippen molar-refractivity contribution in [2.24, 2.45) is 4.99 Å². The molecule has 1 heterocycles. The highest BCUT2D eigenvalue weighted by Crippen LogP contribution is 2.19. The van der Waals surface area contributed by atoms with Crippen LogP contribution in [-0.4, -0.2) is 56.0 Å². The van der Waals surface area contributed by atoms with E-state index in [0.29, 0.717) is 6.04 Å². The van der Waals surface area contributed by atoms with E-state index in [9.17, 15) is 4.79 Å². The summed E-state index contributed by atoms with van der Waals surface area (Å²) in [6.45, 7) is 10.9. The van der Waals surface area contributed by atoms with Gasteiger partial charge in [0.1, 0.15) is 5.60 Å². The molecule has 1 amide bonds. The Morgan fingerprint density at radius 1 is 1.21 bits per heavy atom. The number of hydrogen-bond acceptors (Lipinski definition) is 4. The quantitative estimate of drug-likeness (QED) is 0.214. The molecule has 0 atom stereocenters. The molecule has 1 aliphatic heterocycles. The SMILES string of the molecule is CCNC(=NCCC1=CCOCC1)NC1CCC(NC(=O)OC(C)(C)C)CC1.I. The van der Waals surface area contributed by atoms with Gasteiger partial charge in [-0.2, -0.15) is 0 Å². The first-order valence-electron chi connectivity index (χ1n) is 10.7. The number of nitrogens with zero attached hydrogens (tertiary/aromatic N) is 1. The van der Waals surface area contributed by atoms with Gasteiger partial charge in [-0.05, 0) is 66.2 Å². The Bertz CT molecular complexity index is 553. The Balaban J connectivity index is 0.00000420. The molecule has 0 spiro atoms. The summed E-state index contributed by atoms with van der Waals surface area (Å²) in [5.74, 6) is 0.888. The monoisotopic (exact) mass is 522 g/mol.